The van der Waals surface area contributed by atoms with Crippen molar-refractivity contribution in [1.82, 2.24) is 0 Å². The summed E-state index contributed by atoms with van der Waals surface area (Å²) < 4.78 is 13.0. The molecular weight excluding hydrogens is 215 g/mol. The van der Waals surface area contributed by atoms with Crippen LogP contribution in [-0.2, 0) is 0 Å². The van der Waals surface area contributed by atoms with Gasteiger partial charge < -0.3 is 11.1 Å². The van der Waals surface area contributed by atoms with E-state index in [1.165, 1.54) is 12.1 Å². The summed E-state index contributed by atoms with van der Waals surface area (Å²) in [6.07, 6.45) is 0. The van der Waals surface area contributed by atoms with Gasteiger partial charge in [-0.2, -0.15) is 0 Å². The van der Waals surface area contributed by atoms with Crippen LogP contribution in [0.25, 0.3) is 0 Å². The fraction of sp³-hybridized carbons (Fsp3) is 0.143. The van der Waals surface area contributed by atoms with Crippen molar-refractivity contribution in [2.45, 2.75) is 13.8 Å². The van der Waals surface area contributed by atoms with Crippen LogP contribution in [0.5, 0.6) is 0 Å². The minimum atomic E-state index is -0.225. The number of hydrogen-bond acceptors (Lipinski definition) is 2. The molecule has 2 aromatic rings. The van der Waals surface area contributed by atoms with E-state index in [9.17, 15) is 4.39 Å². The van der Waals surface area contributed by atoms with Crippen LogP contribution in [0.3, 0.4) is 0 Å². The average molecular weight is 230 g/mol. The first-order chi connectivity index (χ1) is 8.08. The van der Waals surface area contributed by atoms with Crippen molar-refractivity contribution in [2.24, 2.45) is 0 Å². The fourth-order valence-electron chi connectivity index (χ4n) is 1.70. The Morgan fingerprint density at radius 1 is 1.06 bits per heavy atom. The van der Waals surface area contributed by atoms with Crippen LogP contribution >= 0.6 is 0 Å². The summed E-state index contributed by atoms with van der Waals surface area (Å²) >= 11 is 0. The summed E-state index contributed by atoms with van der Waals surface area (Å²) in [5, 5.41) is 3.26. The number of nitrogen functional groups attached to an aromatic ring is 1. The quantitative estimate of drug-likeness (QED) is 0.771. The lowest BCUT2D eigenvalue weighted by atomic mass is 10.1. The Bertz CT molecular complexity index is 550. The Morgan fingerprint density at radius 3 is 2.53 bits per heavy atom. The molecule has 0 aromatic heterocycles. The van der Waals surface area contributed by atoms with Crippen molar-refractivity contribution in [3.63, 3.8) is 0 Å². The van der Waals surface area contributed by atoms with E-state index in [4.69, 9.17) is 5.73 Å². The molecule has 0 fully saturated rings. The minimum absolute atomic E-state index is 0.225. The topological polar surface area (TPSA) is 38.0 Å². The molecule has 0 atom stereocenters. The molecule has 17 heavy (non-hydrogen) atoms. The Balaban J connectivity index is 2.35. The lowest BCUT2D eigenvalue weighted by Gasteiger charge is -2.13. The first-order valence-corrected chi connectivity index (χ1v) is 5.46. The van der Waals surface area contributed by atoms with Gasteiger partial charge in [-0.05, 0) is 55.3 Å². The molecule has 0 heterocycles. The largest absolute Gasteiger partial charge is 0.398 e. The Morgan fingerprint density at radius 2 is 1.82 bits per heavy atom. The zero-order valence-electron chi connectivity index (χ0n) is 9.92. The second-order valence-electron chi connectivity index (χ2n) is 4.10. The van der Waals surface area contributed by atoms with Crippen molar-refractivity contribution in [3.8, 4) is 0 Å². The maximum atomic E-state index is 13.0. The molecule has 0 radical (unpaired) electrons. The van der Waals surface area contributed by atoms with Gasteiger partial charge in [-0.1, -0.05) is 6.07 Å². The van der Waals surface area contributed by atoms with Gasteiger partial charge in [0.2, 0.25) is 0 Å². The fourth-order valence-corrected chi connectivity index (χ4v) is 1.70. The molecule has 3 N–H and O–H groups in total. The molecule has 2 rings (SSSR count). The molecule has 0 aliphatic carbocycles. The van der Waals surface area contributed by atoms with Crippen LogP contribution in [-0.4, -0.2) is 0 Å². The second kappa shape index (κ2) is 4.45. The van der Waals surface area contributed by atoms with Crippen molar-refractivity contribution >= 4 is 17.1 Å². The van der Waals surface area contributed by atoms with E-state index in [-0.39, 0.29) is 5.82 Å². The summed E-state index contributed by atoms with van der Waals surface area (Å²) in [4.78, 5) is 0. The number of anilines is 3. The van der Waals surface area contributed by atoms with Crippen LogP contribution in [0.15, 0.2) is 36.4 Å². The number of hydrogen-bond donors (Lipinski definition) is 2. The number of aryl methyl sites for hydroxylation is 1. The predicted octanol–water partition coefficient (Wildman–Crippen LogP) is 3.77. The third-order valence-electron chi connectivity index (χ3n) is 2.83. The summed E-state index contributed by atoms with van der Waals surface area (Å²) in [7, 11) is 0. The summed E-state index contributed by atoms with van der Waals surface area (Å²) in [5.41, 5.74) is 10.3. The van der Waals surface area contributed by atoms with Crippen LogP contribution in [0.2, 0.25) is 0 Å². The minimum Gasteiger partial charge on any atom is -0.398 e. The molecule has 2 aromatic carbocycles. The number of rotatable bonds is 2. The highest BCUT2D eigenvalue weighted by atomic mass is 19.1. The first-order valence-electron chi connectivity index (χ1n) is 5.46. The third kappa shape index (κ3) is 2.38. The van der Waals surface area contributed by atoms with Crippen molar-refractivity contribution in [1.29, 1.82) is 0 Å². The Labute approximate surface area is 100 Å². The molecule has 0 bridgehead atoms. The van der Waals surface area contributed by atoms with E-state index < -0.39 is 0 Å². The summed E-state index contributed by atoms with van der Waals surface area (Å²) in [6, 6.07) is 10.4. The molecule has 0 aliphatic rings. The van der Waals surface area contributed by atoms with Crippen LogP contribution < -0.4 is 11.1 Å². The third-order valence-corrected chi connectivity index (χ3v) is 2.83. The van der Waals surface area contributed by atoms with Crippen molar-refractivity contribution in [3.05, 3.63) is 53.3 Å². The van der Waals surface area contributed by atoms with Gasteiger partial charge in [0.1, 0.15) is 5.82 Å². The average Bonchev–Trinajstić information content (AvgIpc) is 2.28. The number of nitrogens with one attached hydrogen (secondary N) is 1. The first kappa shape index (κ1) is 11.5. The summed E-state index contributed by atoms with van der Waals surface area (Å²) in [6.45, 7) is 3.82. The molecule has 88 valence electrons. The molecule has 0 unspecified atom stereocenters. The van der Waals surface area contributed by atoms with Gasteiger partial charge in [-0.15, -0.1) is 0 Å². The van der Waals surface area contributed by atoms with E-state index in [1.807, 2.05) is 32.0 Å². The van der Waals surface area contributed by atoms with Gasteiger partial charge >= 0.3 is 0 Å². The van der Waals surface area contributed by atoms with E-state index in [0.717, 1.165) is 28.2 Å². The number of halogens is 1. The number of nitrogens with two attached hydrogens (primary N) is 1. The van der Waals surface area contributed by atoms with Crippen LogP contribution in [0.4, 0.5) is 21.5 Å². The van der Waals surface area contributed by atoms with Gasteiger partial charge in [-0.3, -0.25) is 0 Å². The predicted molar refractivity (Wildman–Crippen MR) is 70.0 cm³/mol. The Hall–Kier alpha value is -2.03. The van der Waals surface area contributed by atoms with E-state index in [0.29, 0.717) is 0 Å². The highest BCUT2D eigenvalue weighted by Crippen LogP contribution is 2.26. The molecule has 0 saturated heterocycles. The lowest BCUT2D eigenvalue weighted by Crippen LogP contribution is -1.98. The zero-order valence-corrected chi connectivity index (χ0v) is 9.92. The molecular formula is C14H15FN2. The summed E-state index contributed by atoms with van der Waals surface area (Å²) in [5.74, 6) is -0.225. The smallest absolute Gasteiger partial charge is 0.123 e. The van der Waals surface area contributed by atoms with Crippen molar-refractivity contribution in [2.75, 3.05) is 11.1 Å². The van der Waals surface area contributed by atoms with Gasteiger partial charge in [0, 0.05) is 17.1 Å². The van der Waals surface area contributed by atoms with Crippen LogP contribution in [0, 0.1) is 19.7 Å². The lowest BCUT2D eigenvalue weighted by molar-refractivity contribution is 0.627. The monoisotopic (exact) mass is 230 g/mol. The maximum absolute atomic E-state index is 13.0. The molecule has 0 saturated carbocycles. The van der Waals surface area contributed by atoms with Gasteiger partial charge in [-0.25, -0.2) is 4.39 Å². The molecule has 0 amide bonds. The normalized spacial score (nSPS) is 10.3. The number of benzene rings is 2. The molecule has 2 nitrogen and oxygen atoms in total. The zero-order chi connectivity index (χ0) is 12.4. The maximum Gasteiger partial charge on any atom is 0.123 e. The Kier molecular flexibility index (Phi) is 3.00. The van der Waals surface area contributed by atoms with Gasteiger partial charge in [0.05, 0.1) is 0 Å². The van der Waals surface area contributed by atoms with E-state index >= 15 is 0 Å². The van der Waals surface area contributed by atoms with E-state index in [2.05, 4.69) is 5.32 Å². The van der Waals surface area contributed by atoms with Crippen molar-refractivity contribution < 1.29 is 4.39 Å². The SMILES string of the molecule is Cc1cc(F)ccc1Nc1cccc(N)c1C. The molecule has 3 heteroatoms. The molecule has 0 aliphatic heterocycles. The van der Waals surface area contributed by atoms with E-state index in [1.54, 1.807) is 6.07 Å². The second-order valence-corrected chi connectivity index (χ2v) is 4.10. The molecule has 0 spiro atoms. The standard InChI is InChI=1S/C14H15FN2/c1-9-8-11(15)6-7-13(9)17-14-5-3-4-12(16)10(14)2/h3-8,17H,16H2,1-2H3. The van der Waals surface area contributed by atoms with Gasteiger partial charge in [0.25, 0.3) is 0 Å². The van der Waals surface area contributed by atoms with Crippen LogP contribution in [0.1, 0.15) is 11.1 Å². The highest BCUT2D eigenvalue weighted by Gasteiger charge is 2.04. The highest BCUT2D eigenvalue weighted by molar-refractivity contribution is 5.70. The van der Waals surface area contributed by atoms with Gasteiger partial charge in [0.15, 0.2) is 0 Å².